The van der Waals surface area contributed by atoms with Crippen LogP contribution in [0.25, 0.3) is 0 Å². The van der Waals surface area contributed by atoms with Crippen molar-refractivity contribution in [2.24, 2.45) is 10.7 Å². The normalized spacial score (nSPS) is 23.4. The van der Waals surface area contributed by atoms with Gasteiger partial charge >= 0.3 is 0 Å². The molecule has 0 unspecified atom stereocenters. The van der Waals surface area contributed by atoms with Gasteiger partial charge in [-0.15, -0.1) is 22.1 Å². The predicted octanol–water partition coefficient (Wildman–Crippen LogP) is 1.99. The van der Waals surface area contributed by atoms with Crippen LogP contribution in [0.1, 0.15) is 28.3 Å². The second kappa shape index (κ2) is 6.50. The Morgan fingerprint density at radius 3 is 2.92 bits per heavy atom. The van der Waals surface area contributed by atoms with E-state index in [0.717, 1.165) is 10.6 Å². The predicted molar refractivity (Wildman–Crippen MR) is 95.8 cm³/mol. The van der Waals surface area contributed by atoms with Crippen LogP contribution in [0.2, 0.25) is 0 Å². The Hall–Kier alpha value is -2.22. The van der Waals surface area contributed by atoms with Crippen LogP contribution in [0.5, 0.6) is 0 Å². The number of amides is 1. The molecular weight excluding hydrogens is 387 g/mol. The summed E-state index contributed by atoms with van der Waals surface area (Å²) in [6.45, 7) is 0.767. The number of guanidine groups is 1. The number of alkyl halides is 1. The van der Waals surface area contributed by atoms with Crippen molar-refractivity contribution in [2.75, 3.05) is 18.1 Å². The van der Waals surface area contributed by atoms with Gasteiger partial charge in [-0.3, -0.25) is 13.9 Å². The summed E-state index contributed by atoms with van der Waals surface area (Å²) in [6, 6.07) is 0. The average Bonchev–Trinajstić information content (AvgIpc) is 3.21. The number of nitrogens with two attached hydrogens (primary N) is 1. The summed E-state index contributed by atoms with van der Waals surface area (Å²) < 4.78 is 38.8. The number of aliphatic imine (C=N–C) groups is 1. The van der Waals surface area contributed by atoms with Crippen LogP contribution < -0.4 is 11.1 Å². The van der Waals surface area contributed by atoms with Crippen molar-refractivity contribution in [1.82, 2.24) is 14.3 Å². The zero-order valence-corrected chi connectivity index (χ0v) is 15.5. The highest BCUT2D eigenvalue weighted by Gasteiger charge is 2.42. The number of nitrogens with zero attached hydrogens (tertiary/aromatic N) is 4. The molecule has 5 N–H and O–H groups in total. The quantitative estimate of drug-likeness (QED) is 0.604. The molecule has 2 aromatic rings. The van der Waals surface area contributed by atoms with Crippen LogP contribution in [0.3, 0.4) is 0 Å². The van der Waals surface area contributed by atoms with Gasteiger partial charge in [-0.25, -0.2) is 23.7 Å². The van der Waals surface area contributed by atoms with Gasteiger partial charge < -0.3 is 15.5 Å². The highest BCUT2D eigenvalue weighted by atomic mass is 32.3. The average molecular weight is 404 g/mol. The van der Waals surface area contributed by atoms with Crippen molar-refractivity contribution in [3.8, 4) is 0 Å². The third-order valence-electron chi connectivity index (χ3n) is 3.70. The molecule has 0 aromatic carbocycles. The maximum atomic E-state index is 12.4. The summed E-state index contributed by atoms with van der Waals surface area (Å²) in [5.41, 5.74) is 4.66. The Labute approximate surface area is 153 Å². The number of halogens is 1. The summed E-state index contributed by atoms with van der Waals surface area (Å²) in [5, 5.41) is 4.55. The second-order valence-corrected chi connectivity index (χ2v) is 8.73. The largest absolute Gasteiger partial charge is 0.445 e. The second-order valence-electron chi connectivity index (χ2n) is 5.77. The number of nitrogens with one attached hydrogen (secondary N) is 1. The molecule has 3 heterocycles. The van der Waals surface area contributed by atoms with E-state index in [1.165, 1.54) is 18.4 Å². The molecule has 0 fully saturated rings. The van der Waals surface area contributed by atoms with Gasteiger partial charge in [-0.05, 0) is 6.92 Å². The Morgan fingerprint density at radius 2 is 2.31 bits per heavy atom. The number of hydrogen-bond acceptors (Lipinski definition) is 10. The Balaban J connectivity index is 1.80. The van der Waals surface area contributed by atoms with E-state index in [0.29, 0.717) is 5.01 Å². The van der Waals surface area contributed by atoms with Gasteiger partial charge in [0.05, 0.1) is 5.75 Å². The number of aromatic nitrogens is 2. The maximum absolute atomic E-state index is 12.4. The molecule has 10 nitrogen and oxygen atoms in total. The van der Waals surface area contributed by atoms with Gasteiger partial charge in [0.1, 0.15) is 22.6 Å². The van der Waals surface area contributed by atoms with E-state index in [1.54, 1.807) is 12.3 Å². The van der Waals surface area contributed by atoms with Crippen LogP contribution in [0, 0.1) is 0 Å². The summed E-state index contributed by atoms with van der Waals surface area (Å²) in [6.07, 6.45) is 1.05. The number of thiazole rings is 1. The van der Waals surface area contributed by atoms with E-state index in [-0.39, 0.29) is 29.1 Å². The van der Waals surface area contributed by atoms with E-state index < -0.39 is 28.9 Å². The topological polar surface area (TPSA) is 150 Å². The van der Waals surface area contributed by atoms with Gasteiger partial charge in [0, 0.05) is 12.4 Å². The zero-order chi connectivity index (χ0) is 19.1. The van der Waals surface area contributed by atoms with Gasteiger partial charge in [0.2, 0.25) is 11.9 Å². The fourth-order valence-electron chi connectivity index (χ4n) is 2.32. The number of rotatable bonds is 4. The first kappa shape index (κ1) is 18.6. The number of oxazole rings is 1. The fraction of sp³-hybridized carbons (Fsp3) is 0.385. The minimum atomic E-state index is -3.12. The third kappa shape index (κ3) is 3.38. The minimum absolute atomic E-state index is 0.0131. The molecule has 0 saturated heterocycles. The standard InChI is InChI=1S/C13H17FN6O4S2/c1-13(6-26(22,23)20(2)12(15)19-13)11-18-8(5-25-11)17-10(21)7-4-24-9(3-14)16-7/h4-5,22-23H,3,6H2,1-2H3,(H2,15,19)(H,17,21)/t13-/m0/s1. The van der Waals surface area contributed by atoms with E-state index in [1.807, 2.05) is 0 Å². The number of carbonyl (C=O) groups excluding carboxylic acids is 1. The minimum Gasteiger partial charge on any atom is -0.445 e. The molecule has 26 heavy (non-hydrogen) atoms. The first-order valence-electron chi connectivity index (χ1n) is 7.27. The highest BCUT2D eigenvalue weighted by Crippen LogP contribution is 2.51. The lowest BCUT2D eigenvalue weighted by Gasteiger charge is -2.48. The van der Waals surface area contributed by atoms with Crippen LogP contribution in [-0.2, 0) is 12.2 Å². The highest BCUT2D eigenvalue weighted by molar-refractivity contribution is 8.22. The van der Waals surface area contributed by atoms with Crippen LogP contribution in [0.15, 0.2) is 21.1 Å². The third-order valence-corrected chi connectivity index (χ3v) is 6.81. The van der Waals surface area contributed by atoms with Crippen molar-refractivity contribution in [3.05, 3.63) is 28.2 Å². The molecule has 0 radical (unpaired) electrons. The number of carbonyl (C=O) groups is 1. The van der Waals surface area contributed by atoms with Gasteiger partial charge in [-0.1, -0.05) is 0 Å². The van der Waals surface area contributed by atoms with E-state index in [2.05, 4.69) is 20.3 Å². The molecular formula is C13H17FN6O4S2. The van der Waals surface area contributed by atoms with Crippen molar-refractivity contribution < 1.29 is 22.7 Å². The first-order valence-corrected chi connectivity index (χ1v) is 9.83. The Kier molecular flexibility index (Phi) is 4.64. The monoisotopic (exact) mass is 404 g/mol. The molecule has 3 rings (SSSR count). The van der Waals surface area contributed by atoms with Crippen LogP contribution in [-0.4, -0.2) is 48.0 Å². The van der Waals surface area contributed by atoms with E-state index in [9.17, 15) is 18.3 Å². The van der Waals surface area contributed by atoms with Crippen molar-refractivity contribution in [3.63, 3.8) is 0 Å². The van der Waals surface area contributed by atoms with Crippen LogP contribution in [0.4, 0.5) is 10.2 Å². The first-order chi connectivity index (χ1) is 12.1. The number of anilines is 1. The van der Waals surface area contributed by atoms with E-state index in [4.69, 9.17) is 10.2 Å². The smallest absolute Gasteiger partial charge is 0.278 e. The molecule has 1 aliphatic heterocycles. The molecule has 1 aliphatic rings. The summed E-state index contributed by atoms with van der Waals surface area (Å²) in [7, 11) is -1.68. The lowest BCUT2D eigenvalue weighted by molar-refractivity contribution is 0.102. The molecule has 0 spiro atoms. The maximum Gasteiger partial charge on any atom is 0.278 e. The molecule has 0 saturated carbocycles. The Morgan fingerprint density at radius 1 is 1.58 bits per heavy atom. The van der Waals surface area contributed by atoms with Gasteiger partial charge in [-0.2, -0.15) is 0 Å². The van der Waals surface area contributed by atoms with Gasteiger partial charge in [0.25, 0.3) is 5.91 Å². The molecule has 1 atom stereocenters. The molecule has 0 aliphatic carbocycles. The van der Waals surface area contributed by atoms with Crippen LogP contribution >= 0.6 is 22.1 Å². The molecule has 0 bridgehead atoms. The SMILES string of the molecule is CN1C(N)=N[C@](C)(c2nc(NC(=O)c3coc(CF)n3)cs2)CS1(O)O. The molecule has 2 aromatic heterocycles. The zero-order valence-electron chi connectivity index (χ0n) is 13.8. The van der Waals surface area contributed by atoms with Crippen molar-refractivity contribution >= 4 is 39.8 Å². The van der Waals surface area contributed by atoms with E-state index >= 15 is 0 Å². The van der Waals surface area contributed by atoms with Gasteiger partial charge in [0.15, 0.2) is 12.4 Å². The Bertz CT molecular complexity index is 868. The lowest BCUT2D eigenvalue weighted by Crippen LogP contribution is -2.47. The summed E-state index contributed by atoms with van der Waals surface area (Å²) >= 11 is 1.19. The molecule has 142 valence electrons. The molecule has 1 amide bonds. The summed E-state index contributed by atoms with van der Waals surface area (Å²) in [5.74, 6) is -0.665. The van der Waals surface area contributed by atoms with Crippen molar-refractivity contribution in [2.45, 2.75) is 19.1 Å². The summed E-state index contributed by atoms with van der Waals surface area (Å²) in [4.78, 5) is 24.4. The lowest BCUT2D eigenvalue weighted by atomic mass is 10.1. The molecule has 13 heteroatoms. The fourth-order valence-corrected chi connectivity index (χ4v) is 4.76. The van der Waals surface area contributed by atoms with Crippen molar-refractivity contribution in [1.29, 1.82) is 0 Å². The number of hydrogen-bond donors (Lipinski definition) is 4.